The van der Waals surface area contributed by atoms with Crippen LogP contribution in [0.25, 0.3) is 16.9 Å². The lowest BCUT2D eigenvalue weighted by Crippen LogP contribution is -2.25. The monoisotopic (exact) mass is 354 g/mol. The number of hydrogen-bond donors (Lipinski definition) is 1. The SMILES string of the molecule is COCCCNC(=O)c1cnn2c(-c3ccc4c(c3)OCO4)ccnc12. The van der Waals surface area contributed by atoms with Gasteiger partial charge in [0.05, 0.1) is 11.9 Å². The largest absolute Gasteiger partial charge is 0.454 e. The molecule has 3 heterocycles. The number of rotatable bonds is 6. The molecule has 0 radical (unpaired) electrons. The molecule has 0 spiro atoms. The van der Waals surface area contributed by atoms with Crippen molar-refractivity contribution >= 4 is 11.6 Å². The van der Waals surface area contributed by atoms with Crippen molar-refractivity contribution < 1.29 is 19.0 Å². The van der Waals surface area contributed by atoms with Crippen molar-refractivity contribution in [3.63, 3.8) is 0 Å². The molecule has 8 heteroatoms. The molecule has 0 saturated carbocycles. The lowest BCUT2D eigenvalue weighted by molar-refractivity contribution is 0.0950. The Balaban J connectivity index is 1.64. The minimum atomic E-state index is -0.202. The third-order valence-electron chi connectivity index (χ3n) is 4.12. The number of fused-ring (bicyclic) bond motifs is 2. The summed E-state index contributed by atoms with van der Waals surface area (Å²) in [6.45, 7) is 1.35. The summed E-state index contributed by atoms with van der Waals surface area (Å²) in [6, 6.07) is 7.52. The van der Waals surface area contributed by atoms with Crippen LogP contribution in [0.5, 0.6) is 11.5 Å². The lowest BCUT2D eigenvalue weighted by Gasteiger charge is -2.07. The molecule has 0 bridgehead atoms. The molecule has 0 saturated heterocycles. The first kappa shape index (κ1) is 16.3. The fraction of sp³-hybridized carbons (Fsp3) is 0.278. The summed E-state index contributed by atoms with van der Waals surface area (Å²) in [6.07, 6.45) is 3.94. The van der Waals surface area contributed by atoms with Crippen LogP contribution in [0.3, 0.4) is 0 Å². The molecule has 2 aromatic heterocycles. The Morgan fingerprint density at radius 1 is 1.31 bits per heavy atom. The van der Waals surface area contributed by atoms with Crippen LogP contribution < -0.4 is 14.8 Å². The number of amides is 1. The number of aromatic nitrogens is 3. The normalized spacial score (nSPS) is 12.5. The molecule has 0 unspecified atom stereocenters. The average molecular weight is 354 g/mol. The van der Waals surface area contributed by atoms with Crippen molar-refractivity contribution in [1.29, 1.82) is 0 Å². The van der Waals surface area contributed by atoms with Gasteiger partial charge in [0.25, 0.3) is 5.91 Å². The van der Waals surface area contributed by atoms with E-state index in [1.54, 1.807) is 17.8 Å². The number of carbonyl (C=O) groups excluding carboxylic acids is 1. The average Bonchev–Trinajstić information content (AvgIpc) is 3.30. The quantitative estimate of drug-likeness (QED) is 0.680. The van der Waals surface area contributed by atoms with Crippen LogP contribution in [-0.4, -0.2) is 47.6 Å². The fourth-order valence-electron chi connectivity index (χ4n) is 2.84. The summed E-state index contributed by atoms with van der Waals surface area (Å²) >= 11 is 0. The van der Waals surface area contributed by atoms with Gasteiger partial charge >= 0.3 is 0 Å². The Labute approximate surface area is 149 Å². The maximum absolute atomic E-state index is 12.4. The first-order chi connectivity index (χ1) is 12.8. The molecule has 0 aliphatic carbocycles. The molecule has 8 nitrogen and oxygen atoms in total. The van der Waals surface area contributed by atoms with Gasteiger partial charge < -0.3 is 19.5 Å². The van der Waals surface area contributed by atoms with Gasteiger partial charge in [-0.2, -0.15) is 5.10 Å². The van der Waals surface area contributed by atoms with E-state index in [0.717, 1.165) is 23.4 Å². The number of hydrogen-bond acceptors (Lipinski definition) is 6. The highest BCUT2D eigenvalue weighted by atomic mass is 16.7. The van der Waals surface area contributed by atoms with Crippen LogP contribution in [0.1, 0.15) is 16.8 Å². The summed E-state index contributed by atoms with van der Waals surface area (Å²) in [4.78, 5) is 16.7. The second-order valence-electron chi connectivity index (χ2n) is 5.79. The van der Waals surface area contributed by atoms with Gasteiger partial charge in [0.2, 0.25) is 6.79 Å². The summed E-state index contributed by atoms with van der Waals surface area (Å²) in [7, 11) is 1.63. The van der Waals surface area contributed by atoms with E-state index in [0.29, 0.717) is 30.1 Å². The zero-order valence-corrected chi connectivity index (χ0v) is 14.3. The van der Waals surface area contributed by atoms with Crippen LogP contribution >= 0.6 is 0 Å². The van der Waals surface area contributed by atoms with E-state index in [1.807, 2.05) is 24.3 Å². The molecule has 4 rings (SSSR count). The number of carbonyl (C=O) groups is 1. The summed E-state index contributed by atoms with van der Waals surface area (Å²) in [5.41, 5.74) is 2.65. The number of nitrogens with zero attached hydrogens (tertiary/aromatic N) is 3. The molecule has 1 aliphatic heterocycles. The second kappa shape index (κ2) is 7.01. The summed E-state index contributed by atoms with van der Waals surface area (Å²) in [5, 5.41) is 7.21. The van der Waals surface area contributed by atoms with Crippen molar-refractivity contribution in [2.24, 2.45) is 0 Å². The van der Waals surface area contributed by atoms with Crippen LogP contribution in [0.4, 0.5) is 0 Å². The predicted octanol–water partition coefficient (Wildman–Crippen LogP) is 1.89. The van der Waals surface area contributed by atoms with Crippen LogP contribution in [0.15, 0.2) is 36.7 Å². The van der Waals surface area contributed by atoms with E-state index in [9.17, 15) is 4.79 Å². The minimum absolute atomic E-state index is 0.202. The van der Waals surface area contributed by atoms with Gasteiger partial charge in [0.1, 0.15) is 5.56 Å². The van der Waals surface area contributed by atoms with Gasteiger partial charge in [-0.25, -0.2) is 9.50 Å². The molecule has 3 aromatic rings. The molecule has 0 atom stereocenters. The Kier molecular flexibility index (Phi) is 4.40. The topological polar surface area (TPSA) is 87.0 Å². The number of benzene rings is 1. The Morgan fingerprint density at radius 2 is 2.19 bits per heavy atom. The molecule has 1 aliphatic rings. The zero-order valence-electron chi connectivity index (χ0n) is 14.3. The van der Waals surface area contributed by atoms with E-state index in [4.69, 9.17) is 14.2 Å². The van der Waals surface area contributed by atoms with E-state index < -0.39 is 0 Å². The molecule has 26 heavy (non-hydrogen) atoms. The predicted molar refractivity (Wildman–Crippen MR) is 93.4 cm³/mol. The van der Waals surface area contributed by atoms with Gasteiger partial charge in [-0.15, -0.1) is 0 Å². The van der Waals surface area contributed by atoms with Crippen molar-refractivity contribution in [3.05, 3.63) is 42.2 Å². The highest BCUT2D eigenvalue weighted by Gasteiger charge is 2.18. The third-order valence-corrected chi connectivity index (χ3v) is 4.12. The van der Waals surface area contributed by atoms with Crippen LogP contribution in [-0.2, 0) is 4.74 Å². The standard InChI is InChI=1S/C18H18N4O4/c1-24-8-2-6-20-18(23)13-10-21-22-14(5-7-19-17(13)22)12-3-4-15-16(9-12)26-11-25-15/h3-5,7,9-10H,2,6,8,11H2,1H3,(H,20,23). The van der Waals surface area contributed by atoms with E-state index in [1.165, 1.54) is 6.20 Å². The van der Waals surface area contributed by atoms with E-state index in [2.05, 4.69) is 15.4 Å². The molecule has 1 N–H and O–H groups in total. The van der Waals surface area contributed by atoms with Gasteiger partial charge in [-0.1, -0.05) is 0 Å². The lowest BCUT2D eigenvalue weighted by atomic mass is 10.1. The Morgan fingerprint density at radius 3 is 3.08 bits per heavy atom. The smallest absolute Gasteiger partial charge is 0.256 e. The first-order valence-electron chi connectivity index (χ1n) is 8.28. The second-order valence-corrected chi connectivity index (χ2v) is 5.79. The number of methoxy groups -OCH3 is 1. The van der Waals surface area contributed by atoms with Crippen molar-refractivity contribution in [2.75, 3.05) is 27.1 Å². The van der Waals surface area contributed by atoms with E-state index in [-0.39, 0.29) is 12.7 Å². The van der Waals surface area contributed by atoms with Gasteiger partial charge in [0, 0.05) is 32.0 Å². The van der Waals surface area contributed by atoms with Crippen LogP contribution in [0, 0.1) is 0 Å². The molecular formula is C18H18N4O4. The highest BCUT2D eigenvalue weighted by molar-refractivity contribution is 5.99. The molecule has 1 aromatic carbocycles. The maximum atomic E-state index is 12.4. The minimum Gasteiger partial charge on any atom is -0.454 e. The van der Waals surface area contributed by atoms with Gasteiger partial charge in [-0.05, 0) is 30.7 Å². The number of ether oxygens (including phenoxy) is 3. The Hall–Kier alpha value is -3.13. The molecule has 134 valence electrons. The molecule has 0 fully saturated rings. The Bertz CT molecular complexity index is 954. The van der Waals surface area contributed by atoms with Gasteiger partial charge in [-0.3, -0.25) is 4.79 Å². The first-order valence-corrected chi connectivity index (χ1v) is 8.28. The van der Waals surface area contributed by atoms with Gasteiger partial charge in [0.15, 0.2) is 17.1 Å². The summed E-state index contributed by atoms with van der Waals surface area (Å²) in [5.74, 6) is 1.21. The zero-order chi connectivity index (χ0) is 17.9. The highest BCUT2D eigenvalue weighted by Crippen LogP contribution is 2.35. The summed E-state index contributed by atoms with van der Waals surface area (Å²) < 4.78 is 17.4. The molecular weight excluding hydrogens is 336 g/mol. The van der Waals surface area contributed by atoms with Crippen LogP contribution in [0.2, 0.25) is 0 Å². The number of nitrogens with one attached hydrogen (secondary N) is 1. The van der Waals surface area contributed by atoms with Crippen molar-refractivity contribution in [3.8, 4) is 22.8 Å². The maximum Gasteiger partial charge on any atom is 0.256 e. The third kappa shape index (κ3) is 2.95. The fourth-order valence-corrected chi connectivity index (χ4v) is 2.84. The van der Waals surface area contributed by atoms with E-state index >= 15 is 0 Å². The van der Waals surface area contributed by atoms with Crippen molar-refractivity contribution in [2.45, 2.75) is 6.42 Å². The van der Waals surface area contributed by atoms with Crippen molar-refractivity contribution in [1.82, 2.24) is 19.9 Å². The molecule has 1 amide bonds.